The van der Waals surface area contributed by atoms with Crippen LogP contribution < -0.4 is 0 Å². The Morgan fingerprint density at radius 2 is 1.87 bits per heavy atom. The summed E-state index contributed by atoms with van der Waals surface area (Å²) < 4.78 is 27.2. The second kappa shape index (κ2) is 4.94. The van der Waals surface area contributed by atoms with Crippen LogP contribution in [0.1, 0.15) is 52.4 Å². The van der Waals surface area contributed by atoms with E-state index >= 15 is 0 Å². The molecule has 2 heterocycles. The summed E-state index contributed by atoms with van der Waals surface area (Å²) >= 11 is 0. The van der Waals surface area contributed by atoms with Crippen LogP contribution in [0.3, 0.4) is 0 Å². The number of likely N-dealkylation sites (tertiary alicyclic amines) is 1. The third-order valence-corrected chi connectivity index (χ3v) is 9.51. The Morgan fingerprint density at radius 1 is 1.17 bits per heavy atom. The highest BCUT2D eigenvalue weighted by Crippen LogP contribution is 2.69. The predicted molar refractivity (Wildman–Crippen MR) is 88.3 cm³/mol. The SMILES string of the molecule is CC1(C)[C@@H]2CC[C@@]13CS(=O)(=O)N(CC(=O)N1CCCCC1)[C@@H]3C2. The largest absolute Gasteiger partial charge is 0.342 e. The number of hydrogen-bond acceptors (Lipinski definition) is 3. The molecule has 3 atom stereocenters. The number of carbonyl (C=O) groups excluding carboxylic acids is 1. The molecule has 4 fully saturated rings. The van der Waals surface area contributed by atoms with Crippen molar-refractivity contribution in [1.82, 2.24) is 9.21 Å². The van der Waals surface area contributed by atoms with E-state index in [1.807, 2.05) is 4.90 Å². The smallest absolute Gasteiger partial charge is 0.237 e. The summed E-state index contributed by atoms with van der Waals surface area (Å²) in [4.78, 5) is 14.5. The minimum Gasteiger partial charge on any atom is -0.342 e. The Hall–Kier alpha value is -0.620. The highest BCUT2D eigenvalue weighted by atomic mass is 32.2. The number of sulfonamides is 1. The summed E-state index contributed by atoms with van der Waals surface area (Å²) in [7, 11) is -3.31. The molecule has 0 N–H and O–H groups in total. The zero-order chi connectivity index (χ0) is 16.5. The molecule has 2 aliphatic carbocycles. The molecule has 2 bridgehead atoms. The van der Waals surface area contributed by atoms with Crippen molar-refractivity contribution in [3.05, 3.63) is 0 Å². The van der Waals surface area contributed by atoms with E-state index in [9.17, 15) is 13.2 Å². The first-order valence-electron chi connectivity index (χ1n) is 9.05. The number of carbonyl (C=O) groups is 1. The second-order valence-corrected chi connectivity index (χ2v) is 10.5. The van der Waals surface area contributed by atoms with Crippen molar-refractivity contribution >= 4 is 15.9 Å². The lowest BCUT2D eigenvalue weighted by molar-refractivity contribution is -0.132. The Morgan fingerprint density at radius 3 is 2.52 bits per heavy atom. The maximum atomic E-state index is 12.8. The van der Waals surface area contributed by atoms with Crippen LogP contribution in [-0.4, -0.2) is 55.0 Å². The number of rotatable bonds is 2. The molecule has 0 aromatic carbocycles. The van der Waals surface area contributed by atoms with Gasteiger partial charge in [0.05, 0.1) is 12.3 Å². The molecule has 4 aliphatic rings. The molecule has 2 saturated heterocycles. The normalized spacial score (nSPS) is 41.2. The first-order chi connectivity index (χ1) is 10.8. The molecule has 23 heavy (non-hydrogen) atoms. The highest BCUT2D eigenvalue weighted by Gasteiger charge is 2.71. The van der Waals surface area contributed by atoms with Crippen molar-refractivity contribution in [1.29, 1.82) is 0 Å². The zero-order valence-electron chi connectivity index (χ0n) is 14.3. The molecular formula is C17H28N2O3S. The summed E-state index contributed by atoms with van der Waals surface area (Å²) in [5.74, 6) is 0.864. The number of nitrogens with zero attached hydrogens (tertiary/aromatic N) is 2. The molecule has 0 radical (unpaired) electrons. The topological polar surface area (TPSA) is 57.7 Å². The fraction of sp³-hybridized carbons (Fsp3) is 0.941. The van der Waals surface area contributed by atoms with Gasteiger partial charge in [-0.15, -0.1) is 0 Å². The van der Waals surface area contributed by atoms with Crippen LogP contribution in [0.4, 0.5) is 0 Å². The summed E-state index contributed by atoms with van der Waals surface area (Å²) in [6, 6.07) is 0.0509. The summed E-state index contributed by atoms with van der Waals surface area (Å²) in [6.07, 6.45) is 6.35. The van der Waals surface area contributed by atoms with Crippen molar-refractivity contribution in [2.24, 2.45) is 16.7 Å². The van der Waals surface area contributed by atoms with Gasteiger partial charge in [0.15, 0.2) is 0 Å². The lowest BCUT2D eigenvalue weighted by Crippen LogP contribution is -2.47. The first-order valence-corrected chi connectivity index (χ1v) is 10.7. The molecule has 5 nitrogen and oxygen atoms in total. The van der Waals surface area contributed by atoms with Crippen LogP contribution in [0.5, 0.6) is 0 Å². The Bertz CT molecular complexity index is 624. The maximum absolute atomic E-state index is 12.8. The van der Waals surface area contributed by atoms with Crippen LogP contribution in [0.25, 0.3) is 0 Å². The first kappa shape index (κ1) is 15.9. The fourth-order valence-corrected chi connectivity index (χ4v) is 8.47. The van der Waals surface area contributed by atoms with Gasteiger partial charge in [-0.05, 0) is 49.9 Å². The molecule has 0 aromatic heterocycles. The molecule has 1 amide bonds. The number of amides is 1. The van der Waals surface area contributed by atoms with E-state index < -0.39 is 10.0 Å². The standard InChI is InChI=1S/C17H28N2O3S/c1-16(2)13-6-7-17(16)12-23(21,22)19(14(17)10-13)11-15(20)18-8-4-3-5-9-18/h13-14H,3-12H2,1-2H3/t13-,14-,17+/m1/s1. The van der Waals surface area contributed by atoms with E-state index in [4.69, 9.17) is 0 Å². The number of fused-ring (bicyclic) bond motifs is 1. The zero-order valence-corrected chi connectivity index (χ0v) is 15.1. The summed E-state index contributed by atoms with van der Waals surface area (Å²) in [6.45, 7) is 6.14. The highest BCUT2D eigenvalue weighted by molar-refractivity contribution is 7.89. The maximum Gasteiger partial charge on any atom is 0.237 e. The van der Waals surface area contributed by atoms with Gasteiger partial charge in [0.25, 0.3) is 0 Å². The molecule has 1 spiro atoms. The van der Waals surface area contributed by atoms with Crippen molar-refractivity contribution in [2.45, 2.75) is 58.4 Å². The molecule has 0 unspecified atom stereocenters. The predicted octanol–water partition coefficient (Wildman–Crippen LogP) is 1.84. The van der Waals surface area contributed by atoms with Crippen molar-refractivity contribution in [2.75, 3.05) is 25.4 Å². The molecular weight excluding hydrogens is 312 g/mol. The molecule has 6 heteroatoms. The molecule has 2 saturated carbocycles. The van der Waals surface area contributed by atoms with E-state index in [1.54, 1.807) is 4.31 Å². The lowest BCUT2D eigenvalue weighted by atomic mass is 9.69. The van der Waals surface area contributed by atoms with Gasteiger partial charge < -0.3 is 4.90 Å². The van der Waals surface area contributed by atoms with Gasteiger partial charge in [-0.3, -0.25) is 4.79 Å². The molecule has 2 aliphatic heterocycles. The fourth-order valence-electron chi connectivity index (χ4n) is 5.96. The van der Waals surface area contributed by atoms with Crippen LogP contribution in [0.15, 0.2) is 0 Å². The van der Waals surface area contributed by atoms with Gasteiger partial charge in [0.2, 0.25) is 15.9 Å². The van der Waals surface area contributed by atoms with Gasteiger partial charge in [-0.2, -0.15) is 4.31 Å². The van der Waals surface area contributed by atoms with Crippen LogP contribution in [0, 0.1) is 16.7 Å². The monoisotopic (exact) mass is 340 g/mol. The average Bonchev–Trinajstić information content (AvgIpc) is 2.97. The van der Waals surface area contributed by atoms with Gasteiger partial charge in [-0.1, -0.05) is 13.8 Å². The Labute approximate surface area is 139 Å². The summed E-state index contributed by atoms with van der Waals surface area (Å²) in [5, 5.41) is 0. The number of hydrogen-bond donors (Lipinski definition) is 0. The van der Waals surface area contributed by atoms with E-state index in [1.165, 1.54) is 6.42 Å². The average molecular weight is 340 g/mol. The minimum atomic E-state index is -3.31. The van der Waals surface area contributed by atoms with E-state index in [-0.39, 0.29) is 35.1 Å². The number of piperidine rings is 1. The van der Waals surface area contributed by atoms with E-state index in [0.29, 0.717) is 5.92 Å². The van der Waals surface area contributed by atoms with Gasteiger partial charge in [-0.25, -0.2) is 8.42 Å². The van der Waals surface area contributed by atoms with Gasteiger partial charge >= 0.3 is 0 Å². The van der Waals surface area contributed by atoms with E-state index in [2.05, 4.69) is 13.8 Å². The minimum absolute atomic E-state index is 0.00547. The molecule has 130 valence electrons. The molecule has 0 aromatic rings. The second-order valence-electron chi connectivity index (χ2n) is 8.61. The molecule has 4 rings (SSSR count). The third kappa shape index (κ3) is 2.06. The lowest BCUT2D eigenvalue weighted by Gasteiger charge is -2.37. The van der Waals surface area contributed by atoms with Crippen molar-refractivity contribution in [3.8, 4) is 0 Å². The van der Waals surface area contributed by atoms with Crippen molar-refractivity contribution < 1.29 is 13.2 Å². The van der Waals surface area contributed by atoms with Crippen LogP contribution in [-0.2, 0) is 14.8 Å². The van der Waals surface area contributed by atoms with Gasteiger partial charge in [0, 0.05) is 24.5 Å². The van der Waals surface area contributed by atoms with Crippen LogP contribution >= 0.6 is 0 Å². The quantitative estimate of drug-likeness (QED) is 0.771. The Balaban J connectivity index is 1.58. The van der Waals surface area contributed by atoms with Gasteiger partial charge in [0.1, 0.15) is 0 Å². The Kier molecular flexibility index (Phi) is 3.41. The van der Waals surface area contributed by atoms with E-state index in [0.717, 1.165) is 45.2 Å². The van der Waals surface area contributed by atoms with Crippen molar-refractivity contribution in [3.63, 3.8) is 0 Å². The summed E-state index contributed by atoms with van der Waals surface area (Å²) in [5.41, 5.74) is -0.0493. The van der Waals surface area contributed by atoms with Crippen LogP contribution in [0.2, 0.25) is 0 Å². The third-order valence-electron chi connectivity index (χ3n) is 7.53.